The molecule has 0 spiro atoms. The van der Waals surface area contributed by atoms with Gasteiger partial charge in [-0.25, -0.2) is 4.79 Å². The maximum atomic E-state index is 12.4. The molecular formula is C16H15ClN2O4S. The lowest BCUT2D eigenvalue weighted by Crippen LogP contribution is -2.56. The van der Waals surface area contributed by atoms with Gasteiger partial charge in [-0.05, 0) is 36.5 Å². The number of halogens is 1. The van der Waals surface area contributed by atoms with E-state index in [-0.39, 0.29) is 5.69 Å². The van der Waals surface area contributed by atoms with Gasteiger partial charge in [-0.3, -0.25) is 4.79 Å². The molecule has 24 heavy (non-hydrogen) atoms. The summed E-state index contributed by atoms with van der Waals surface area (Å²) in [5, 5.41) is 16.4. The van der Waals surface area contributed by atoms with Crippen molar-refractivity contribution in [3.05, 3.63) is 41.0 Å². The Labute approximate surface area is 147 Å². The summed E-state index contributed by atoms with van der Waals surface area (Å²) in [6.07, 6.45) is 0.773. The van der Waals surface area contributed by atoms with Crippen LogP contribution in [0.1, 0.15) is 23.3 Å². The monoisotopic (exact) mass is 366 g/mol. The summed E-state index contributed by atoms with van der Waals surface area (Å²) in [6, 6.07) is 8.45. The van der Waals surface area contributed by atoms with Gasteiger partial charge in [-0.2, -0.15) is 11.8 Å². The van der Waals surface area contributed by atoms with Crippen LogP contribution in [0.3, 0.4) is 0 Å². The Morgan fingerprint density at radius 2 is 2.04 bits per heavy atom. The number of aromatic nitrogens is 1. The van der Waals surface area contributed by atoms with Crippen LogP contribution in [0.5, 0.6) is 0 Å². The molecule has 1 aliphatic heterocycles. The molecule has 0 radical (unpaired) electrons. The molecule has 0 saturated carbocycles. The summed E-state index contributed by atoms with van der Waals surface area (Å²) < 4.78 is 5.19. The highest BCUT2D eigenvalue weighted by molar-refractivity contribution is 7.99. The number of nitrogens with one attached hydrogen (secondary N) is 1. The van der Waals surface area contributed by atoms with E-state index in [4.69, 9.17) is 16.1 Å². The summed E-state index contributed by atoms with van der Waals surface area (Å²) in [5.74, 6) is 0.209. The first-order valence-electron chi connectivity index (χ1n) is 7.36. The molecule has 1 aromatic heterocycles. The van der Waals surface area contributed by atoms with Crippen LogP contribution in [0.25, 0.3) is 11.3 Å². The first kappa shape index (κ1) is 16.9. The number of carbonyl (C=O) groups excluding carboxylic acids is 1. The average Bonchev–Trinajstić information content (AvgIpc) is 3.06. The number of amides is 1. The lowest BCUT2D eigenvalue weighted by Gasteiger charge is -2.33. The van der Waals surface area contributed by atoms with E-state index in [0.29, 0.717) is 40.7 Å². The predicted octanol–water partition coefficient (Wildman–Crippen LogP) is 3.08. The maximum Gasteiger partial charge on any atom is 0.329 e. The molecule has 1 aromatic carbocycles. The molecule has 1 aliphatic rings. The molecule has 1 amide bonds. The Hall–Kier alpha value is -1.99. The fourth-order valence-electron chi connectivity index (χ4n) is 2.55. The lowest BCUT2D eigenvalue weighted by atomic mass is 9.92. The van der Waals surface area contributed by atoms with Crippen molar-refractivity contribution in [1.82, 2.24) is 10.5 Å². The summed E-state index contributed by atoms with van der Waals surface area (Å²) >= 11 is 7.62. The van der Waals surface area contributed by atoms with E-state index in [1.807, 2.05) is 0 Å². The average molecular weight is 367 g/mol. The molecule has 0 unspecified atom stereocenters. The predicted molar refractivity (Wildman–Crippen MR) is 91.3 cm³/mol. The first-order valence-corrected chi connectivity index (χ1v) is 8.90. The van der Waals surface area contributed by atoms with Crippen molar-refractivity contribution in [2.75, 3.05) is 11.5 Å². The number of thioether (sulfide) groups is 1. The number of nitrogens with zero attached hydrogens (tertiary/aromatic N) is 1. The van der Waals surface area contributed by atoms with Gasteiger partial charge in [0.05, 0.1) is 0 Å². The van der Waals surface area contributed by atoms with Gasteiger partial charge in [0.15, 0.2) is 11.5 Å². The number of aliphatic carboxylic acids is 1. The van der Waals surface area contributed by atoms with Crippen molar-refractivity contribution in [1.29, 1.82) is 0 Å². The van der Waals surface area contributed by atoms with Crippen molar-refractivity contribution in [3.8, 4) is 11.3 Å². The summed E-state index contributed by atoms with van der Waals surface area (Å²) in [5.41, 5.74) is -0.503. The topological polar surface area (TPSA) is 92.4 Å². The molecule has 6 nitrogen and oxygen atoms in total. The molecule has 8 heteroatoms. The smallest absolute Gasteiger partial charge is 0.329 e. The highest BCUT2D eigenvalue weighted by atomic mass is 35.5. The third kappa shape index (κ3) is 3.42. The van der Waals surface area contributed by atoms with E-state index in [1.165, 1.54) is 6.07 Å². The van der Waals surface area contributed by atoms with Crippen LogP contribution in [0, 0.1) is 0 Å². The number of hydrogen-bond donors (Lipinski definition) is 2. The summed E-state index contributed by atoms with van der Waals surface area (Å²) in [7, 11) is 0. The van der Waals surface area contributed by atoms with Crippen molar-refractivity contribution in [2.24, 2.45) is 0 Å². The molecule has 126 valence electrons. The van der Waals surface area contributed by atoms with Crippen LogP contribution in [-0.4, -0.2) is 39.2 Å². The zero-order chi connectivity index (χ0) is 17.2. The van der Waals surface area contributed by atoms with Gasteiger partial charge < -0.3 is 14.9 Å². The molecule has 3 rings (SSSR count). The van der Waals surface area contributed by atoms with Crippen LogP contribution in [0.2, 0.25) is 5.02 Å². The zero-order valence-electron chi connectivity index (χ0n) is 12.6. The molecule has 1 saturated heterocycles. The van der Waals surface area contributed by atoms with Crippen LogP contribution in [0.15, 0.2) is 34.9 Å². The second-order valence-corrected chi connectivity index (χ2v) is 7.20. The second kappa shape index (κ2) is 6.86. The number of carbonyl (C=O) groups is 2. The highest BCUT2D eigenvalue weighted by Crippen LogP contribution is 2.28. The second-order valence-electron chi connectivity index (χ2n) is 5.54. The Morgan fingerprint density at radius 3 is 2.71 bits per heavy atom. The van der Waals surface area contributed by atoms with Gasteiger partial charge in [0, 0.05) is 16.7 Å². The number of hydrogen-bond acceptors (Lipinski definition) is 5. The quantitative estimate of drug-likeness (QED) is 0.863. The molecule has 0 atom stereocenters. The minimum absolute atomic E-state index is 0.0452. The standard InChI is InChI=1S/C16H15ClN2O4S/c17-11-3-1-2-10(8-11)13-9-12(19-23-13)14(20)18-16(15(21)22)4-6-24-7-5-16/h1-3,8-9H,4-7H2,(H,18,20)(H,21,22). The van der Waals surface area contributed by atoms with Crippen LogP contribution < -0.4 is 5.32 Å². The van der Waals surface area contributed by atoms with Crippen molar-refractivity contribution >= 4 is 35.2 Å². The third-order valence-corrected chi connectivity index (χ3v) is 5.18. The molecule has 2 aromatic rings. The highest BCUT2D eigenvalue weighted by Gasteiger charge is 2.41. The van der Waals surface area contributed by atoms with Crippen molar-refractivity contribution in [3.63, 3.8) is 0 Å². The zero-order valence-corrected chi connectivity index (χ0v) is 14.2. The normalized spacial score (nSPS) is 16.5. The van der Waals surface area contributed by atoms with Gasteiger partial charge in [0.2, 0.25) is 0 Å². The van der Waals surface area contributed by atoms with Gasteiger partial charge in [0.1, 0.15) is 5.54 Å². The van der Waals surface area contributed by atoms with Crippen molar-refractivity contribution < 1.29 is 19.2 Å². The van der Waals surface area contributed by atoms with E-state index in [0.717, 1.165) is 0 Å². The van der Waals surface area contributed by atoms with E-state index in [2.05, 4.69) is 10.5 Å². The van der Waals surface area contributed by atoms with Gasteiger partial charge in [-0.1, -0.05) is 28.9 Å². The van der Waals surface area contributed by atoms with Gasteiger partial charge >= 0.3 is 5.97 Å². The number of carboxylic acids is 1. The molecule has 2 N–H and O–H groups in total. The minimum atomic E-state index is -1.24. The van der Waals surface area contributed by atoms with Crippen LogP contribution >= 0.6 is 23.4 Å². The van der Waals surface area contributed by atoms with Crippen LogP contribution in [0.4, 0.5) is 0 Å². The van der Waals surface area contributed by atoms with Crippen LogP contribution in [-0.2, 0) is 4.79 Å². The summed E-state index contributed by atoms with van der Waals surface area (Å²) in [4.78, 5) is 24.0. The first-order chi connectivity index (χ1) is 11.5. The Bertz CT molecular complexity index is 771. The Balaban J connectivity index is 1.79. The van der Waals surface area contributed by atoms with Crippen molar-refractivity contribution in [2.45, 2.75) is 18.4 Å². The van der Waals surface area contributed by atoms with E-state index in [1.54, 1.807) is 36.0 Å². The minimum Gasteiger partial charge on any atom is -0.480 e. The lowest BCUT2D eigenvalue weighted by molar-refractivity contribution is -0.144. The summed E-state index contributed by atoms with van der Waals surface area (Å²) in [6.45, 7) is 0. The third-order valence-electron chi connectivity index (χ3n) is 3.96. The van der Waals surface area contributed by atoms with Gasteiger partial charge in [0.25, 0.3) is 5.91 Å². The molecule has 0 aliphatic carbocycles. The van der Waals surface area contributed by atoms with Gasteiger partial charge in [-0.15, -0.1) is 0 Å². The fraction of sp³-hybridized carbons (Fsp3) is 0.312. The number of benzene rings is 1. The number of rotatable bonds is 4. The largest absolute Gasteiger partial charge is 0.480 e. The van der Waals surface area contributed by atoms with E-state index < -0.39 is 17.4 Å². The number of carboxylic acid groups (broad SMARTS) is 1. The molecule has 2 heterocycles. The molecular weight excluding hydrogens is 352 g/mol. The fourth-order valence-corrected chi connectivity index (χ4v) is 3.93. The van der Waals surface area contributed by atoms with E-state index in [9.17, 15) is 14.7 Å². The molecule has 1 fully saturated rings. The Kier molecular flexibility index (Phi) is 4.82. The van der Waals surface area contributed by atoms with E-state index >= 15 is 0 Å². The molecule has 0 bridgehead atoms. The SMILES string of the molecule is O=C(NC1(C(=O)O)CCSCC1)c1cc(-c2cccc(Cl)c2)on1. The Morgan fingerprint density at radius 1 is 1.29 bits per heavy atom. The maximum absolute atomic E-state index is 12.4.